The van der Waals surface area contributed by atoms with E-state index in [2.05, 4.69) is 20.3 Å². The number of aromatic amines is 1. The van der Waals surface area contributed by atoms with Gasteiger partial charge in [0.1, 0.15) is 5.69 Å². The highest BCUT2D eigenvalue weighted by Crippen LogP contribution is 2.28. The van der Waals surface area contributed by atoms with Gasteiger partial charge in [0.25, 0.3) is 0 Å². The molecule has 112 valence electrons. The maximum Gasteiger partial charge on any atom is 0.161 e. The average molecular weight is 294 g/mol. The van der Waals surface area contributed by atoms with Crippen molar-refractivity contribution in [3.8, 4) is 11.5 Å². The fourth-order valence-electron chi connectivity index (χ4n) is 2.97. The number of benzene rings is 1. The van der Waals surface area contributed by atoms with E-state index in [1.165, 1.54) is 0 Å². The predicted octanol–water partition coefficient (Wildman–Crippen LogP) is 2.07. The van der Waals surface area contributed by atoms with Crippen LogP contribution < -0.4 is 11.1 Å². The normalized spacial score (nSPS) is 16.2. The minimum absolute atomic E-state index is 0.414. The van der Waals surface area contributed by atoms with Crippen LogP contribution in [-0.4, -0.2) is 33.0 Å². The van der Waals surface area contributed by atoms with Crippen molar-refractivity contribution >= 4 is 16.9 Å². The predicted molar refractivity (Wildman–Crippen MR) is 86.4 cm³/mol. The van der Waals surface area contributed by atoms with Gasteiger partial charge in [-0.3, -0.25) is 0 Å². The lowest BCUT2D eigenvalue weighted by molar-refractivity contribution is 0.452. The van der Waals surface area contributed by atoms with Crippen molar-refractivity contribution in [1.82, 2.24) is 25.3 Å². The summed E-state index contributed by atoms with van der Waals surface area (Å²) < 4.78 is 0. The van der Waals surface area contributed by atoms with E-state index in [1.807, 2.05) is 24.3 Å². The molecule has 0 unspecified atom stereocenters. The van der Waals surface area contributed by atoms with E-state index >= 15 is 0 Å². The number of hydrogen-bond acceptors (Lipinski definition) is 5. The van der Waals surface area contributed by atoms with Crippen LogP contribution in [-0.2, 0) is 0 Å². The quantitative estimate of drug-likeness (QED) is 0.673. The molecule has 0 saturated carbocycles. The third-order valence-electron chi connectivity index (χ3n) is 4.19. The summed E-state index contributed by atoms with van der Waals surface area (Å²) in [5, 5.41) is 3.37. The summed E-state index contributed by atoms with van der Waals surface area (Å²) in [6.45, 7) is 2.05. The highest BCUT2D eigenvalue weighted by Gasteiger charge is 2.19. The van der Waals surface area contributed by atoms with Crippen LogP contribution in [0, 0.1) is 0 Å². The van der Waals surface area contributed by atoms with E-state index in [1.54, 1.807) is 6.20 Å². The molecule has 4 N–H and O–H groups in total. The molecule has 0 spiro atoms. The van der Waals surface area contributed by atoms with Crippen molar-refractivity contribution in [1.29, 1.82) is 0 Å². The van der Waals surface area contributed by atoms with Gasteiger partial charge in [-0.1, -0.05) is 12.1 Å². The minimum Gasteiger partial charge on any atom is -0.382 e. The van der Waals surface area contributed by atoms with Crippen molar-refractivity contribution < 1.29 is 0 Å². The second-order valence-corrected chi connectivity index (χ2v) is 5.66. The molecule has 1 fully saturated rings. The molecule has 3 heterocycles. The number of nitrogens with zero attached hydrogens (tertiary/aromatic N) is 3. The van der Waals surface area contributed by atoms with Crippen LogP contribution in [0.4, 0.5) is 5.82 Å². The molecule has 22 heavy (non-hydrogen) atoms. The third kappa shape index (κ3) is 2.31. The zero-order chi connectivity index (χ0) is 14.9. The standard InChI is InChI=1S/C16H18N6/c17-15-14(16-21-11-3-1-2-4-12(11)22-16)20-13(9-19-15)10-5-7-18-8-6-10/h1-4,9-10,18H,5-8H2,(H2,17,19)(H,21,22). The molecule has 2 aromatic heterocycles. The molecule has 3 aromatic rings. The average Bonchev–Trinajstić information content (AvgIpc) is 3.00. The second kappa shape index (κ2) is 5.38. The summed E-state index contributed by atoms with van der Waals surface area (Å²) in [6, 6.07) is 7.90. The van der Waals surface area contributed by atoms with E-state index in [4.69, 9.17) is 10.7 Å². The molecule has 6 heteroatoms. The molecule has 1 saturated heterocycles. The Labute approximate surface area is 128 Å². The Morgan fingerprint density at radius 1 is 1.09 bits per heavy atom. The van der Waals surface area contributed by atoms with Crippen molar-refractivity contribution in [3.63, 3.8) is 0 Å². The Bertz CT molecular complexity index is 770. The van der Waals surface area contributed by atoms with Crippen molar-refractivity contribution in [2.24, 2.45) is 0 Å². The van der Waals surface area contributed by atoms with Crippen molar-refractivity contribution in [2.75, 3.05) is 18.8 Å². The van der Waals surface area contributed by atoms with Gasteiger partial charge in [-0.05, 0) is 38.1 Å². The first-order chi connectivity index (χ1) is 10.8. The Hall–Kier alpha value is -2.47. The number of imidazole rings is 1. The lowest BCUT2D eigenvalue weighted by Gasteiger charge is -2.22. The summed E-state index contributed by atoms with van der Waals surface area (Å²) >= 11 is 0. The number of H-pyrrole nitrogens is 1. The number of rotatable bonds is 2. The zero-order valence-electron chi connectivity index (χ0n) is 12.2. The Morgan fingerprint density at radius 2 is 1.91 bits per heavy atom. The lowest BCUT2D eigenvalue weighted by atomic mass is 9.95. The van der Waals surface area contributed by atoms with E-state index in [0.717, 1.165) is 42.7 Å². The van der Waals surface area contributed by atoms with E-state index in [9.17, 15) is 0 Å². The monoisotopic (exact) mass is 294 g/mol. The molecule has 1 aliphatic rings. The van der Waals surface area contributed by atoms with E-state index < -0.39 is 0 Å². The van der Waals surface area contributed by atoms with Crippen LogP contribution >= 0.6 is 0 Å². The highest BCUT2D eigenvalue weighted by atomic mass is 15.0. The van der Waals surface area contributed by atoms with Gasteiger partial charge in [0.15, 0.2) is 11.6 Å². The molecule has 1 aliphatic heterocycles. The fourth-order valence-corrected chi connectivity index (χ4v) is 2.97. The molecule has 0 amide bonds. The SMILES string of the molecule is Nc1ncc(C2CCNCC2)nc1-c1nc2ccccc2[nH]1. The Morgan fingerprint density at radius 3 is 2.73 bits per heavy atom. The molecular formula is C16H18N6. The number of hydrogen-bond donors (Lipinski definition) is 3. The number of para-hydroxylation sites is 2. The largest absolute Gasteiger partial charge is 0.382 e. The maximum atomic E-state index is 6.03. The minimum atomic E-state index is 0.414. The summed E-state index contributed by atoms with van der Waals surface area (Å²) in [4.78, 5) is 16.9. The highest BCUT2D eigenvalue weighted by molar-refractivity contribution is 5.80. The van der Waals surface area contributed by atoms with Gasteiger partial charge in [-0.2, -0.15) is 0 Å². The molecule has 4 rings (SSSR count). The summed E-state index contributed by atoms with van der Waals surface area (Å²) in [6.07, 6.45) is 3.97. The van der Waals surface area contributed by atoms with Gasteiger partial charge in [-0.25, -0.2) is 15.0 Å². The molecule has 6 nitrogen and oxygen atoms in total. The van der Waals surface area contributed by atoms with Gasteiger partial charge < -0.3 is 16.0 Å². The number of nitrogen functional groups attached to an aromatic ring is 1. The van der Waals surface area contributed by atoms with Crippen LogP contribution in [0.5, 0.6) is 0 Å². The van der Waals surface area contributed by atoms with Gasteiger partial charge in [0.05, 0.1) is 22.9 Å². The molecule has 0 aliphatic carbocycles. The molecule has 0 bridgehead atoms. The van der Waals surface area contributed by atoms with Crippen LogP contribution in [0.15, 0.2) is 30.5 Å². The van der Waals surface area contributed by atoms with Crippen LogP contribution in [0.2, 0.25) is 0 Å². The van der Waals surface area contributed by atoms with Gasteiger partial charge in [-0.15, -0.1) is 0 Å². The van der Waals surface area contributed by atoms with Crippen LogP contribution in [0.1, 0.15) is 24.5 Å². The first-order valence-corrected chi connectivity index (χ1v) is 7.59. The Balaban J connectivity index is 1.76. The maximum absolute atomic E-state index is 6.03. The van der Waals surface area contributed by atoms with Gasteiger partial charge in [0.2, 0.25) is 0 Å². The van der Waals surface area contributed by atoms with Crippen LogP contribution in [0.25, 0.3) is 22.6 Å². The fraction of sp³-hybridized carbons (Fsp3) is 0.312. The first kappa shape index (κ1) is 13.2. The molecule has 0 radical (unpaired) electrons. The second-order valence-electron chi connectivity index (χ2n) is 5.66. The zero-order valence-corrected chi connectivity index (χ0v) is 12.2. The lowest BCUT2D eigenvalue weighted by Crippen LogP contribution is -2.27. The van der Waals surface area contributed by atoms with E-state index in [-0.39, 0.29) is 0 Å². The summed E-state index contributed by atoms with van der Waals surface area (Å²) in [5.74, 6) is 1.54. The number of nitrogens with two attached hydrogens (primary N) is 1. The van der Waals surface area contributed by atoms with Crippen LogP contribution in [0.3, 0.4) is 0 Å². The Kier molecular flexibility index (Phi) is 3.23. The number of nitrogens with one attached hydrogen (secondary N) is 2. The summed E-state index contributed by atoms with van der Waals surface area (Å²) in [5.41, 5.74) is 9.56. The molecule has 1 aromatic carbocycles. The first-order valence-electron chi connectivity index (χ1n) is 7.59. The van der Waals surface area contributed by atoms with Crippen molar-refractivity contribution in [3.05, 3.63) is 36.2 Å². The van der Waals surface area contributed by atoms with Gasteiger partial charge in [0, 0.05) is 5.92 Å². The van der Waals surface area contributed by atoms with Crippen molar-refractivity contribution in [2.45, 2.75) is 18.8 Å². The third-order valence-corrected chi connectivity index (χ3v) is 4.19. The molecular weight excluding hydrogens is 276 g/mol. The van der Waals surface area contributed by atoms with E-state index in [0.29, 0.717) is 23.3 Å². The number of fused-ring (bicyclic) bond motifs is 1. The number of anilines is 1. The summed E-state index contributed by atoms with van der Waals surface area (Å²) in [7, 11) is 0. The molecule has 0 atom stereocenters. The number of piperidine rings is 1. The van der Waals surface area contributed by atoms with Gasteiger partial charge >= 0.3 is 0 Å². The number of aromatic nitrogens is 4. The topological polar surface area (TPSA) is 92.5 Å². The smallest absolute Gasteiger partial charge is 0.161 e.